The molecule has 0 fully saturated rings. The van der Waals surface area contributed by atoms with Gasteiger partial charge in [0.2, 0.25) is 0 Å². The first-order chi connectivity index (χ1) is 11.6. The number of methoxy groups -OCH3 is 1. The van der Waals surface area contributed by atoms with Gasteiger partial charge in [-0.15, -0.1) is 0 Å². The third-order valence-corrected chi connectivity index (χ3v) is 153. The van der Waals surface area contributed by atoms with E-state index in [1.807, 2.05) is 11.9 Å². The molecule has 0 bridgehead atoms. The number of benzene rings is 3. The Morgan fingerprint density at radius 2 is 0.760 bits per heavy atom. The van der Waals surface area contributed by atoms with Crippen LogP contribution in [0.4, 0.5) is 0 Å². The molecular weight excluding hydrogens is 2020 g/mol. The van der Waals surface area contributed by atoms with Crippen molar-refractivity contribution in [1.82, 2.24) is 0 Å². The van der Waals surface area contributed by atoms with E-state index in [0.717, 1.165) is 0 Å². The molecular formula is C16H14ORa8. The molecule has 3 rings (SSSR count). The standard InChI is InChI=1S/C16H6O.8Ra.8H/c1-11-12-7-3-5-9-14(12)16(17-2)15-10-6-4-8-13(11)15;;;;;;;;;;;;;;;;/h1-2H3;;;;;;;;;;;;;;;;. The summed E-state index contributed by atoms with van der Waals surface area (Å²) in [5.74, 6) is 1.36. The van der Waals surface area contributed by atoms with Gasteiger partial charge in [0.05, 0.1) is 0 Å². The first-order valence-corrected chi connectivity index (χ1v) is 42.0. The SMILES string of the molecule is COc1c2[c]([RaH])[c]([RaH])[c]([RaH])[c]([RaH])c2c(C)c2[c]([RaH])[c]([RaH])[c]([RaH])[c]([RaH])c12. The molecule has 9 heteroatoms. The van der Waals surface area contributed by atoms with Crippen molar-refractivity contribution in [2.45, 2.75) is 6.92 Å². The summed E-state index contributed by atoms with van der Waals surface area (Å²) in [6, 6.07) is 0. The van der Waals surface area contributed by atoms with E-state index < -0.39 is 0 Å². The molecule has 0 aliphatic carbocycles. The van der Waals surface area contributed by atoms with Crippen LogP contribution in [0.3, 0.4) is 0 Å². The molecule has 1 nitrogen and oxygen atoms in total. The van der Waals surface area contributed by atoms with E-state index in [1.54, 1.807) is 27.1 Å². The van der Waals surface area contributed by atoms with E-state index in [2.05, 4.69) is 6.92 Å². The summed E-state index contributed by atoms with van der Waals surface area (Å²) in [6.45, 7) is 2.50. The first kappa shape index (κ1) is 29.3. The van der Waals surface area contributed by atoms with Crippen molar-refractivity contribution in [2.24, 2.45) is 0 Å². The van der Waals surface area contributed by atoms with Gasteiger partial charge < -0.3 is 0 Å². The molecule has 0 saturated carbocycles. The summed E-state index contributed by atoms with van der Waals surface area (Å²) in [4.78, 5) is 0. The molecule has 0 aliphatic rings. The van der Waals surface area contributed by atoms with Crippen molar-refractivity contribution in [3.8, 4) is 5.75 Å². The van der Waals surface area contributed by atoms with E-state index in [-0.39, 0.29) is 0 Å². The molecule has 0 saturated heterocycles. The molecule has 0 unspecified atom stereocenters. The van der Waals surface area contributed by atoms with E-state index in [0.29, 0.717) is 342 Å². The Kier molecular flexibility index (Phi) is 15.2. The van der Waals surface area contributed by atoms with Crippen LogP contribution in [0.25, 0.3) is 21.5 Å². The Balaban J connectivity index is 2.84. The summed E-state index contributed by atoms with van der Waals surface area (Å²) >= 11 is 3.73. The van der Waals surface area contributed by atoms with Gasteiger partial charge in [0, 0.05) is 0 Å². The second-order valence-electron chi connectivity index (χ2n) is 7.66. The van der Waals surface area contributed by atoms with Crippen LogP contribution in [0.15, 0.2) is 0 Å². The maximum absolute atomic E-state index is 6.27. The topological polar surface area (TPSA) is 9.23 Å². The molecule has 0 spiro atoms. The van der Waals surface area contributed by atoms with Crippen molar-refractivity contribution in [1.29, 1.82) is 0 Å². The van der Waals surface area contributed by atoms with Gasteiger partial charge in [-0.3, -0.25) is 0 Å². The fourth-order valence-electron chi connectivity index (χ4n) is 4.58. The van der Waals surface area contributed by atoms with Crippen LogP contribution < -0.4 is 9.57 Å². The van der Waals surface area contributed by atoms with Gasteiger partial charge in [-0.25, -0.2) is 0 Å². The fraction of sp³-hybridized carbons (Fsp3) is 0.125. The molecule has 0 aromatic heterocycles. The second kappa shape index (κ2) is 13.0. The zero-order valence-electron chi connectivity index (χ0n) is 17.4. The van der Waals surface area contributed by atoms with E-state index >= 15 is 0 Å². The van der Waals surface area contributed by atoms with Crippen molar-refractivity contribution in [2.75, 3.05) is 7.11 Å². The van der Waals surface area contributed by atoms with Crippen LogP contribution in [0.5, 0.6) is 5.75 Å². The van der Waals surface area contributed by atoms with Gasteiger partial charge in [0.15, 0.2) is 0 Å². The van der Waals surface area contributed by atoms with E-state index in [4.69, 9.17) is 4.74 Å². The van der Waals surface area contributed by atoms with Gasteiger partial charge in [0.1, 0.15) is 0 Å². The minimum atomic E-state index is 0.412. The number of hydrogen-bond acceptors (Lipinski definition) is 1. The molecule has 0 atom stereocenters. The van der Waals surface area contributed by atoms with Gasteiger partial charge in [-0.2, -0.15) is 0 Å². The molecule has 3 aromatic rings. The van der Waals surface area contributed by atoms with Gasteiger partial charge in [0.25, 0.3) is 0 Å². The predicted octanol–water partition coefficient (Wildman–Crippen LogP) is -4.43. The summed E-state index contributed by atoms with van der Waals surface area (Å²) < 4.78 is 21.5. The fourth-order valence-corrected chi connectivity index (χ4v) is 63.9. The third kappa shape index (κ3) is 5.92. The zero-order chi connectivity index (χ0) is 18.8. The summed E-state index contributed by atoms with van der Waals surface area (Å²) in [7, 11) is 1.97. The van der Waals surface area contributed by atoms with Crippen molar-refractivity contribution in [3.63, 3.8) is 0 Å². The number of aryl methyl sites for hydroxylation is 1. The predicted molar refractivity (Wildman–Crippen MR) is 81.0 cm³/mol. The normalized spacial score (nSPS) is 11.0. The van der Waals surface area contributed by atoms with Gasteiger partial charge >= 0.3 is 399 Å². The Bertz CT molecular complexity index is 993. The van der Waals surface area contributed by atoms with Crippen LogP contribution in [0, 0.1) is 349 Å². The van der Waals surface area contributed by atoms with Crippen LogP contribution in [0.1, 0.15) is 5.56 Å². The molecule has 25 heavy (non-hydrogen) atoms. The minimum absolute atomic E-state index is 0.412. The van der Waals surface area contributed by atoms with E-state index in [1.165, 1.54) is 5.75 Å². The van der Waals surface area contributed by atoms with Crippen molar-refractivity contribution >= 4 is 26.4 Å². The first-order valence-electron chi connectivity index (χ1n) is 9.11. The molecule has 100 valence electrons. The monoisotopic (exact) mass is 2030 g/mol. The van der Waals surface area contributed by atoms with Crippen LogP contribution in [-0.4, -0.2) is 7.11 Å². The number of hydrogen-bond donors (Lipinski definition) is 0. The summed E-state index contributed by atoms with van der Waals surface area (Å²) in [5, 5.41) is 6.76. The Morgan fingerprint density at radius 1 is 0.480 bits per heavy atom. The summed E-state index contributed by atoms with van der Waals surface area (Å²) in [5.41, 5.74) is 1.70. The molecule has 0 heterocycles. The zero-order valence-corrected chi connectivity index (χ0v) is 83.2. The Hall–Kier alpha value is 9.72. The number of fused-ring (bicyclic) bond motifs is 2. The van der Waals surface area contributed by atoms with Gasteiger partial charge in [-0.05, 0) is 0 Å². The molecule has 0 aliphatic heterocycles. The van der Waals surface area contributed by atoms with E-state index in [9.17, 15) is 0 Å². The quantitative estimate of drug-likeness (QED) is 0.224. The maximum atomic E-state index is 6.27. The average molecular weight is 2030 g/mol. The Labute approximate surface area is 383 Å². The van der Waals surface area contributed by atoms with Crippen LogP contribution in [0.2, 0.25) is 0 Å². The van der Waals surface area contributed by atoms with Crippen LogP contribution in [-0.2, 0) is 0 Å². The third-order valence-electron chi connectivity index (χ3n) is 6.78. The number of rotatable bonds is 1. The van der Waals surface area contributed by atoms with Crippen LogP contribution >= 0.6 is 0 Å². The second-order valence-corrected chi connectivity index (χ2v) is 40.5. The molecule has 3 aromatic carbocycles. The van der Waals surface area contributed by atoms with Gasteiger partial charge in [-0.1, -0.05) is 0 Å². The van der Waals surface area contributed by atoms with Crippen molar-refractivity contribution < 1.29 is 347 Å². The molecule has 0 amide bonds. The summed E-state index contributed by atoms with van der Waals surface area (Å²) in [6.07, 6.45) is 0. The number of ether oxygens (including phenoxy) is 1. The molecule has 0 N–H and O–H groups in total. The average Bonchev–Trinajstić information content (AvgIpc) is 2.59. The van der Waals surface area contributed by atoms with Crippen molar-refractivity contribution in [3.05, 3.63) is 5.56 Å². The Morgan fingerprint density at radius 3 is 1.04 bits per heavy atom. The molecule has 0 radical (unpaired) electrons.